The standard InChI is InChI=1S/C12H14N2O3/c1-2-9(12(16)17)14-7-11(15)13-8-5-3-4-6-10(8)14/h3-6,9H,2,7H2,1H3,(H,13,15)(H,16,17)/p-1. The van der Waals surface area contributed by atoms with Gasteiger partial charge in [-0.05, 0) is 18.6 Å². The van der Waals surface area contributed by atoms with E-state index >= 15 is 0 Å². The molecular weight excluding hydrogens is 220 g/mol. The first-order valence-corrected chi connectivity index (χ1v) is 5.50. The zero-order chi connectivity index (χ0) is 12.4. The highest BCUT2D eigenvalue weighted by Crippen LogP contribution is 2.30. The van der Waals surface area contributed by atoms with Crippen LogP contribution in [0.15, 0.2) is 24.3 Å². The lowest BCUT2D eigenvalue weighted by Crippen LogP contribution is -2.52. The Balaban J connectivity index is 2.41. The minimum absolute atomic E-state index is 0.0451. The fourth-order valence-corrected chi connectivity index (χ4v) is 2.05. The molecule has 5 nitrogen and oxygen atoms in total. The number of carboxylic acids is 1. The zero-order valence-corrected chi connectivity index (χ0v) is 9.47. The molecule has 0 bridgehead atoms. The number of nitrogens with one attached hydrogen (secondary N) is 1. The summed E-state index contributed by atoms with van der Waals surface area (Å²) in [5.41, 5.74) is 1.37. The molecule has 2 rings (SSSR count). The Kier molecular flexibility index (Phi) is 2.99. The van der Waals surface area contributed by atoms with E-state index in [0.717, 1.165) is 5.69 Å². The van der Waals surface area contributed by atoms with E-state index in [2.05, 4.69) is 5.32 Å². The van der Waals surface area contributed by atoms with Crippen molar-refractivity contribution in [3.63, 3.8) is 0 Å². The number of amides is 1. The van der Waals surface area contributed by atoms with Gasteiger partial charge in [0.2, 0.25) is 5.91 Å². The molecule has 1 atom stereocenters. The number of hydrogen-bond donors (Lipinski definition) is 1. The Bertz CT molecular complexity index is 459. The Morgan fingerprint density at radius 2 is 2.24 bits per heavy atom. The van der Waals surface area contributed by atoms with Crippen molar-refractivity contribution in [2.75, 3.05) is 16.8 Å². The van der Waals surface area contributed by atoms with Crippen LogP contribution in [-0.2, 0) is 9.59 Å². The predicted molar refractivity (Wildman–Crippen MR) is 61.5 cm³/mol. The maximum atomic E-state index is 11.5. The van der Waals surface area contributed by atoms with Gasteiger partial charge < -0.3 is 20.1 Å². The van der Waals surface area contributed by atoms with Gasteiger partial charge in [-0.15, -0.1) is 0 Å². The summed E-state index contributed by atoms with van der Waals surface area (Å²) in [6, 6.07) is 6.37. The SMILES string of the molecule is CCC(C(=O)[O-])N1CC(=O)Nc2ccccc21. The molecule has 0 radical (unpaired) electrons. The number of para-hydroxylation sites is 2. The fourth-order valence-electron chi connectivity index (χ4n) is 2.05. The van der Waals surface area contributed by atoms with Crippen LogP contribution in [0, 0.1) is 0 Å². The quantitative estimate of drug-likeness (QED) is 0.796. The molecule has 1 N–H and O–H groups in total. The van der Waals surface area contributed by atoms with Crippen LogP contribution in [0.25, 0.3) is 0 Å². The van der Waals surface area contributed by atoms with E-state index in [0.29, 0.717) is 12.1 Å². The van der Waals surface area contributed by atoms with Gasteiger partial charge in [0.25, 0.3) is 0 Å². The second kappa shape index (κ2) is 4.45. The van der Waals surface area contributed by atoms with Crippen molar-refractivity contribution in [2.45, 2.75) is 19.4 Å². The Morgan fingerprint density at radius 1 is 1.53 bits per heavy atom. The molecule has 0 spiro atoms. The third kappa shape index (κ3) is 2.08. The summed E-state index contributed by atoms with van der Waals surface area (Å²) in [4.78, 5) is 24.1. The monoisotopic (exact) mass is 233 g/mol. The number of rotatable bonds is 3. The summed E-state index contributed by atoms with van der Waals surface area (Å²) in [5, 5.41) is 13.8. The molecule has 0 aliphatic carbocycles. The molecule has 1 aromatic carbocycles. The first kappa shape index (κ1) is 11.4. The molecule has 0 saturated carbocycles. The maximum absolute atomic E-state index is 11.5. The van der Waals surface area contributed by atoms with Crippen molar-refractivity contribution >= 4 is 23.3 Å². The minimum atomic E-state index is -1.16. The molecule has 0 fully saturated rings. The van der Waals surface area contributed by atoms with Crippen molar-refractivity contribution in [3.05, 3.63) is 24.3 Å². The molecule has 5 heteroatoms. The number of aliphatic carboxylic acids is 1. The molecule has 1 amide bonds. The van der Waals surface area contributed by atoms with Gasteiger partial charge in [-0.1, -0.05) is 19.1 Å². The Morgan fingerprint density at radius 3 is 2.88 bits per heavy atom. The topological polar surface area (TPSA) is 72.5 Å². The van der Waals surface area contributed by atoms with Crippen molar-refractivity contribution in [1.29, 1.82) is 0 Å². The summed E-state index contributed by atoms with van der Waals surface area (Å²) in [6.07, 6.45) is 0.393. The average molecular weight is 233 g/mol. The lowest BCUT2D eigenvalue weighted by molar-refractivity contribution is -0.307. The van der Waals surface area contributed by atoms with Crippen LogP contribution >= 0.6 is 0 Å². The van der Waals surface area contributed by atoms with Crippen LogP contribution in [0.2, 0.25) is 0 Å². The minimum Gasteiger partial charge on any atom is -0.548 e. The van der Waals surface area contributed by atoms with Crippen molar-refractivity contribution in [1.82, 2.24) is 0 Å². The number of hydrogen-bond acceptors (Lipinski definition) is 4. The van der Waals surface area contributed by atoms with Crippen LogP contribution < -0.4 is 15.3 Å². The number of benzene rings is 1. The predicted octanol–water partition coefficient (Wildman–Crippen LogP) is -0.0264. The number of carbonyl (C=O) groups is 2. The molecule has 1 heterocycles. The van der Waals surface area contributed by atoms with E-state index in [1.165, 1.54) is 0 Å². The van der Waals surface area contributed by atoms with Gasteiger partial charge in [-0.2, -0.15) is 0 Å². The molecule has 0 aromatic heterocycles. The largest absolute Gasteiger partial charge is 0.548 e. The first-order chi connectivity index (χ1) is 8.13. The van der Waals surface area contributed by atoms with Gasteiger partial charge in [-0.25, -0.2) is 0 Å². The third-order valence-corrected chi connectivity index (χ3v) is 2.84. The molecule has 1 unspecified atom stereocenters. The number of anilines is 2. The summed E-state index contributed by atoms with van der Waals surface area (Å²) >= 11 is 0. The fraction of sp³-hybridized carbons (Fsp3) is 0.333. The van der Waals surface area contributed by atoms with Gasteiger partial charge in [0.1, 0.15) is 0 Å². The van der Waals surface area contributed by atoms with E-state index in [4.69, 9.17) is 0 Å². The van der Waals surface area contributed by atoms with Gasteiger partial charge in [-0.3, -0.25) is 4.79 Å². The molecule has 1 aliphatic heterocycles. The van der Waals surface area contributed by atoms with E-state index < -0.39 is 12.0 Å². The van der Waals surface area contributed by atoms with Crippen LogP contribution in [0.5, 0.6) is 0 Å². The van der Waals surface area contributed by atoms with Crippen LogP contribution in [-0.4, -0.2) is 24.5 Å². The maximum Gasteiger partial charge on any atom is 0.243 e. The van der Waals surface area contributed by atoms with Gasteiger partial charge in [0, 0.05) is 0 Å². The number of carboxylic acid groups (broad SMARTS) is 1. The first-order valence-electron chi connectivity index (χ1n) is 5.50. The zero-order valence-electron chi connectivity index (χ0n) is 9.47. The van der Waals surface area contributed by atoms with E-state index in [1.807, 2.05) is 6.07 Å². The molecule has 1 aromatic rings. The molecule has 1 aliphatic rings. The van der Waals surface area contributed by atoms with Crippen molar-refractivity contribution < 1.29 is 14.7 Å². The van der Waals surface area contributed by atoms with Crippen molar-refractivity contribution in [3.8, 4) is 0 Å². The highest BCUT2D eigenvalue weighted by Gasteiger charge is 2.27. The number of fused-ring (bicyclic) bond motifs is 1. The second-order valence-corrected chi connectivity index (χ2v) is 3.94. The molecule has 90 valence electrons. The summed E-state index contributed by atoms with van der Waals surface area (Å²) in [6.45, 7) is 1.80. The third-order valence-electron chi connectivity index (χ3n) is 2.84. The number of carbonyl (C=O) groups excluding carboxylic acids is 2. The van der Waals surface area contributed by atoms with E-state index in [9.17, 15) is 14.7 Å². The lowest BCUT2D eigenvalue weighted by Gasteiger charge is -2.37. The van der Waals surface area contributed by atoms with E-state index in [-0.39, 0.29) is 12.5 Å². The lowest BCUT2D eigenvalue weighted by atomic mass is 10.1. The van der Waals surface area contributed by atoms with Gasteiger partial charge in [0.15, 0.2) is 0 Å². The van der Waals surface area contributed by atoms with Gasteiger partial charge >= 0.3 is 0 Å². The molecule has 17 heavy (non-hydrogen) atoms. The smallest absolute Gasteiger partial charge is 0.243 e. The summed E-state index contributed by atoms with van der Waals surface area (Å²) in [7, 11) is 0. The second-order valence-electron chi connectivity index (χ2n) is 3.94. The summed E-state index contributed by atoms with van der Waals surface area (Å²) < 4.78 is 0. The highest BCUT2D eigenvalue weighted by atomic mass is 16.4. The van der Waals surface area contributed by atoms with Gasteiger partial charge in [0.05, 0.1) is 29.9 Å². The normalized spacial score (nSPS) is 16.1. The van der Waals surface area contributed by atoms with Crippen LogP contribution in [0.3, 0.4) is 0 Å². The van der Waals surface area contributed by atoms with E-state index in [1.54, 1.807) is 30.0 Å². The highest BCUT2D eigenvalue weighted by molar-refractivity contribution is 6.02. The molecular formula is C12H13N2O3-. The Hall–Kier alpha value is -2.04. The molecule has 0 saturated heterocycles. The van der Waals surface area contributed by atoms with Crippen molar-refractivity contribution in [2.24, 2.45) is 0 Å². The summed E-state index contributed by atoms with van der Waals surface area (Å²) in [5.74, 6) is -1.36. The van der Waals surface area contributed by atoms with Crippen LogP contribution in [0.1, 0.15) is 13.3 Å². The Labute approximate surface area is 99.0 Å². The number of nitrogens with zero attached hydrogens (tertiary/aromatic N) is 1. The van der Waals surface area contributed by atoms with Crippen LogP contribution in [0.4, 0.5) is 11.4 Å². The average Bonchev–Trinajstić information content (AvgIpc) is 2.29.